The van der Waals surface area contributed by atoms with E-state index in [0.29, 0.717) is 24.6 Å². The first kappa shape index (κ1) is 18.2. The van der Waals surface area contributed by atoms with E-state index in [4.69, 9.17) is 21.7 Å². The van der Waals surface area contributed by atoms with Gasteiger partial charge in [0.25, 0.3) is 5.56 Å². The van der Waals surface area contributed by atoms with Gasteiger partial charge in [-0.05, 0) is 41.9 Å². The lowest BCUT2D eigenvalue weighted by Gasteiger charge is -2.28. The molecule has 0 saturated heterocycles. The molecule has 8 heteroatoms. The number of allylic oxidation sites excluding steroid dienone is 1. The molecule has 0 radical (unpaired) electrons. The van der Waals surface area contributed by atoms with Gasteiger partial charge in [-0.25, -0.2) is 0 Å². The second-order valence-corrected chi connectivity index (χ2v) is 6.33. The number of hydrogen-bond donors (Lipinski definition) is 3. The minimum absolute atomic E-state index is 0.152. The van der Waals surface area contributed by atoms with E-state index >= 15 is 0 Å². The molecule has 0 amide bonds. The molecular weight excluding hydrogens is 354 g/mol. The predicted octanol–water partition coefficient (Wildman–Crippen LogP) is 2.05. The number of ether oxygens (including phenoxy) is 2. The number of nitrogens with zero attached hydrogens (tertiary/aromatic N) is 1. The molecule has 138 valence electrons. The summed E-state index contributed by atoms with van der Waals surface area (Å²) in [7, 11) is 3.14. The number of benzene rings is 1. The zero-order chi connectivity index (χ0) is 18.8. The fourth-order valence-electron chi connectivity index (χ4n) is 3.27. The van der Waals surface area contributed by atoms with E-state index in [9.17, 15) is 9.90 Å². The zero-order valence-corrected chi connectivity index (χ0v) is 15.5. The minimum Gasteiger partial charge on any atom is -0.494 e. The van der Waals surface area contributed by atoms with Crippen molar-refractivity contribution in [2.45, 2.75) is 19.0 Å². The minimum atomic E-state index is -0.492. The highest BCUT2D eigenvalue weighted by Gasteiger charge is 2.29. The van der Waals surface area contributed by atoms with Gasteiger partial charge in [0.2, 0.25) is 5.88 Å². The van der Waals surface area contributed by atoms with E-state index in [-0.39, 0.29) is 16.2 Å². The van der Waals surface area contributed by atoms with Crippen LogP contribution in [0.4, 0.5) is 0 Å². The molecule has 26 heavy (non-hydrogen) atoms. The number of nitrogens with one attached hydrogen (secondary N) is 2. The lowest BCUT2D eigenvalue weighted by atomic mass is 9.90. The van der Waals surface area contributed by atoms with Crippen LogP contribution in [-0.4, -0.2) is 35.4 Å². The third-order valence-corrected chi connectivity index (χ3v) is 4.83. The molecule has 2 heterocycles. The first-order valence-corrected chi connectivity index (χ1v) is 8.57. The Hall–Kier alpha value is -2.58. The number of rotatable bonds is 5. The Bertz CT molecular complexity index is 964. The molecule has 0 aliphatic carbocycles. The van der Waals surface area contributed by atoms with Crippen molar-refractivity contribution in [2.24, 2.45) is 0 Å². The van der Waals surface area contributed by atoms with Crippen molar-refractivity contribution in [1.82, 2.24) is 14.9 Å². The van der Waals surface area contributed by atoms with Crippen molar-refractivity contribution in [3.05, 3.63) is 56.6 Å². The molecule has 2 aromatic rings. The van der Waals surface area contributed by atoms with Crippen molar-refractivity contribution in [3.63, 3.8) is 0 Å². The predicted molar refractivity (Wildman–Crippen MR) is 101 cm³/mol. The van der Waals surface area contributed by atoms with E-state index in [0.717, 1.165) is 17.5 Å². The fraction of sp³-hybridized carbons (Fsp3) is 0.333. The lowest BCUT2D eigenvalue weighted by Crippen LogP contribution is -2.35. The topological polar surface area (TPSA) is 88.5 Å². The van der Waals surface area contributed by atoms with E-state index in [1.54, 1.807) is 20.3 Å². The molecule has 3 rings (SSSR count). The summed E-state index contributed by atoms with van der Waals surface area (Å²) in [5.74, 6) is 1.03. The van der Waals surface area contributed by atoms with E-state index in [1.165, 1.54) is 4.57 Å². The van der Waals surface area contributed by atoms with Crippen LogP contribution in [0.25, 0.3) is 0 Å². The van der Waals surface area contributed by atoms with Gasteiger partial charge in [0.15, 0.2) is 16.3 Å². The second-order valence-electron chi connectivity index (χ2n) is 5.94. The average molecular weight is 375 g/mol. The lowest BCUT2D eigenvalue weighted by molar-refractivity contribution is 0.352. The fourth-order valence-corrected chi connectivity index (χ4v) is 3.53. The summed E-state index contributed by atoms with van der Waals surface area (Å²) >= 11 is 5.15. The number of aromatic hydroxyl groups is 1. The summed E-state index contributed by atoms with van der Waals surface area (Å²) in [5.41, 5.74) is 1.68. The smallest absolute Gasteiger partial charge is 0.260 e. The molecule has 1 aromatic heterocycles. The quantitative estimate of drug-likeness (QED) is 0.548. The van der Waals surface area contributed by atoms with Crippen LogP contribution in [0.1, 0.15) is 22.7 Å². The van der Waals surface area contributed by atoms with Crippen LogP contribution in [0.3, 0.4) is 0 Å². The van der Waals surface area contributed by atoms with Crippen LogP contribution in [0.15, 0.2) is 29.6 Å². The monoisotopic (exact) mass is 375 g/mol. The van der Waals surface area contributed by atoms with Crippen LogP contribution >= 0.6 is 12.2 Å². The normalized spacial score (nSPS) is 16.0. The standard InChI is InChI=1S/C18H21N3O4S/c1-4-7-21-17(23)14(16(22)20-18(21)26)15-11-9-13(25-3)12(24-2)8-10(11)5-6-19-15/h4,8-9,15,19,23H,1,5-7H2,2-3H3,(H,20,22,26)/t15-/m1/s1. The second kappa shape index (κ2) is 7.35. The van der Waals surface area contributed by atoms with Crippen LogP contribution in [0.5, 0.6) is 17.4 Å². The van der Waals surface area contributed by atoms with Crippen LogP contribution < -0.4 is 20.3 Å². The summed E-state index contributed by atoms with van der Waals surface area (Å²) in [5, 5.41) is 14.0. The molecule has 0 saturated carbocycles. The van der Waals surface area contributed by atoms with Gasteiger partial charge in [0.05, 0.1) is 25.8 Å². The van der Waals surface area contributed by atoms with Gasteiger partial charge in [-0.1, -0.05) is 6.08 Å². The number of aromatic nitrogens is 2. The Morgan fingerprint density at radius 1 is 1.38 bits per heavy atom. The Labute approximate surface area is 155 Å². The van der Waals surface area contributed by atoms with Gasteiger partial charge in [0, 0.05) is 13.1 Å². The maximum atomic E-state index is 12.6. The number of methoxy groups -OCH3 is 2. The summed E-state index contributed by atoms with van der Waals surface area (Å²) in [6.07, 6.45) is 2.38. The molecule has 0 spiro atoms. The number of hydrogen-bond acceptors (Lipinski definition) is 6. The molecule has 0 unspecified atom stereocenters. The van der Waals surface area contributed by atoms with Crippen LogP contribution in [0.2, 0.25) is 0 Å². The Kier molecular flexibility index (Phi) is 5.15. The Morgan fingerprint density at radius 2 is 2.08 bits per heavy atom. The Morgan fingerprint density at radius 3 is 2.73 bits per heavy atom. The third-order valence-electron chi connectivity index (χ3n) is 4.51. The van der Waals surface area contributed by atoms with Crippen molar-refractivity contribution in [3.8, 4) is 17.4 Å². The van der Waals surface area contributed by atoms with Crippen molar-refractivity contribution >= 4 is 12.2 Å². The SMILES string of the molecule is C=CCn1c(O)c([C@@H]2NCCc3cc(OC)c(OC)cc32)c(=O)[nH]c1=S. The van der Waals surface area contributed by atoms with Gasteiger partial charge in [-0.3, -0.25) is 14.3 Å². The number of H-pyrrole nitrogens is 1. The number of fused-ring (bicyclic) bond motifs is 1. The van der Waals surface area contributed by atoms with E-state index in [1.807, 2.05) is 12.1 Å². The third kappa shape index (κ3) is 3.02. The molecule has 0 fully saturated rings. The average Bonchev–Trinajstić information content (AvgIpc) is 2.64. The summed E-state index contributed by atoms with van der Waals surface area (Å²) < 4.78 is 12.4. The van der Waals surface area contributed by atoms with E-state index in [2.05, 4.69) is 16.9 Å². The maximum Gasteiger partial charge on any atom is 0.260 e. The van der Waals surface area contributed by atoms with Crippen LogP contribution in [0, 0.1) is 4.77 Å². The highest BCUT2D eigenvalue weighted by Crippen LogP contribution is 2.38. The molecular formula is C18H21N3O4S. The molecule has 0 bridgehead atoms. The van der Waals surface area contributed by atoms with Gasteiger partial charge in [0.1, 0.15) is 0 Å². The zero-order valence-electron chi connectivity index (χ0n) is 14.7. The van der Waals surface area contributed by atoms with Gasteiger partial charge in [-0.2, -0.15) is 0 Å². The molecule has 1 atom stereocenters. The molecule has 1 aliphatic rings. The first-order valence-electron chi connectivity index (χ1n) is 8.16. The first-order chi connectivity index (χ1) is 12.5. The summed E-state index contributed by atoms with van der Waals surface area (Å²) in [6, 6.07) is 3.25. The van der Waals surface area contributed by atoms with Crippen molar-refractivity contribution in [2.75, 3.05) is 20.8 Å². The molecule has 1 aliphatic heterocycles. The van der Waals surface area contributed by atoms with Crippen molar-refractivity contribution in [1.29, 1.82) is 0 Å². The number of aromatic amines is 1. The highest BCUT2D eigenvalue weighted by molar-refractivity contribution is 7.71. The van der Waals surface area contributed by atoms with E-state index < -0.39 is 11.6 Å². The van der Waals surface area contributed by atoms with Gasteiger partial charge >= 0.3 is 0 Å². The van der Waals surface area contributed by atoms with Gasteiger partial charge < -0.3 is 19.9 Å². The maximum absolute atomic E-state index is 12.6. The molecule has 1 aromatic carbocycles. The van der Waals surface area contributed by atoms with Gasteiger partial charge in [-0.15, -0.1) is 6.58 Å². The largest absolute Gasteiger partial charge is 0.494 e. The van der Waals surface area contributed by atoms with Crippen molar-refractivity contribution < 1.29 is 14.6 Å². The summed E-state index contributed by atoms with van der Waals surface area (Å²) in [4.78, 5) is 15.2. The Balaban J connectivity index is 2.22. The van der Waals surface area contributed by atoms with Crippen LogP contribution in [-0.2, 0) is 13.0 Å². The molecule has 3 N–H and O–H groups in total. The molecule has 7 nitrogen and oxygen atoms in total. The highest BCUT2D eigenvalue weighted by atomic mass is 32.1. The summed E-state index contributed by atoms with van der Waals surface area (Å²) in [6.45, 7) is 4.61.